The SMILES string of the molecule is COc1ccc2c(c1)[C@](C)(CCN(C)C)C(=O)CC2. The van der Waals surface area contributed by atoms with Crippen LogP contribution in [0.5, 0.6) is 5.75 Å². The average molecular weight is 261 g/mol. The lowest BCUT2D eigenvalue weighted by Gasteiger charge is -2.35. The van der Waals surface area contributed by atoms with Gasteiger partial charge in [-0.05, 0) is 63.7 Å². The van der Waals surface area contributed by atoms with E-state index in [9.17, 15) is 4.79 Å². The van der Waals surface area contributed by atoms with Gasteiger partial charge in [0.2, 0.25) is 0 Å². The van der Waals surface area contributed by atoms with Gasteiger partial charge in [-0.1, -0.05) is 6.07 Å². The van der Waals surface area contributed by atoms with E-state index in [0.29, 0.717) is 12.2 Å². The third-order valence-corrected chi connectivity index (χ3v) is 4.21. The minimum Gasteiger partial charge on any atom is -0.497 e. The van der Waals surface area contributed by atoms with Gasteiger partial charge in [0.1, 0.15) is 11.5 Å². The maximum atomic E-state index is 12.4. The van der Waals surface area contributed by atoms with Crippen LogP contribution in [0.4, 0.5) is 0 Å². The van der Waals surface area contributed by atoms with E-state index in [1.165, 1.54) is 5.56 Å². The third kappa shape index (κ3) is 2.66. The zero-order chi connectivity index (χ0) is 14.0. The Balaban J connectivity index is 2.40. The van der Waals surface area contributed by atoms with Crippen molar-refractivity contribution < 1.29 is 9.53 Å². The fourth-order valence-corrected chi connectivity index (χ4v) is 2.81. The van der Waals surface area contributed by atoms with Crippen LogP contribution in [0.1, 0.15) is 30.9 Å². The first-order valence-electron chi connectivity index (χ1n) is 6.83. The van der Waals surface area contributed by atoms with Crippen LogP contribution in [-0.4, -0.2) is 38.4 Å². The number of methoxy groups -OCH3 is 1. The van der Waals surface area contributed by atoms with Gasteiger partial charge in [-0.3, -0.25) is 4.79 Å². The molecule has 104 valence electrons. The molecule has 0 aliphatic heterocycles. The molecule has 0 bridgehead atoms. The zero-order valence-electron chi connectivity index (χ0n) is 12.3. The summed E-state index contributed by atoms with van der Waals surface area (Å²) in [6.45, 7) is 3.00. The summed E-state index contributed by atoms with van der Waals surface area (Å²) in [6, 6.07) is 6.14. The molecule has 1 aromatic rings. The minimum atomic E-state index is -0.369. The Kier molecular flexibility index (Phi) is 3.95. The largest absolute Gasteiger partial charge is 0.497 e. The number of carbonyl (C=O) groups excluding carboxylic acids is 1. The van der Waals surface area contributed by atoms with E-state index in [1.807, 2.05) is 26.2 Å². The maximum absolute atomic E-state index is 12.4. The van der Waals surface area contributed by atoms with Gasteiger partial charge in [0.15, 0.2) is 0 Å². The summed E-state index contributed by atoms with van der Waals surface area (Å²) >= 11 is 0. The second-order valence-corrected chi connectivity index (χ2v) is 5.83. The van der Waals surface area contributed by atoms with Crippen molar-refractivity contribution in [1.29, 1.82) is 0 Å². The van der Waals surface area contributed by atoms with Crippen molar-refractivity contribution in [3.63, 3.8) is 0 Å². The molecule has 3 heteroatoms. The summed E-state index contributed by atoms with van der Waals surface area (Å²) in [7, 11) is 5.76. The second kappa shape index (κ2) is 5.33. The summed E-state index contributed by atoms with van der Waals surface area (Å²) < 4.78 is 5.31. The van der Waals surface area contributed by atoms with Crippen molar-refractivity contribution in [2.24, 2.45) is 0 Å². The molecule has 1 aliphatic carbocycles. The molecule has 0 unspecified atom stereocenters. The van der Waals surface area contributed by atoms with Crippen LogP contribution in [0.2, 0.25) is 0 Å². The van der Waals surface area contributed by atoms with Gasteiger partial charge in [0.25, 0.3) is 0 Å². The molecule has 0 radical (unpaired) electrons. The fraction of sp³-hybridized carbons (Fsp3) is 0.562. The molecule has 19 heavy (non-hydrogen) atoms. The van der Waals surface area contributed by atoms with Crippen LogP contribution in [0, 0.1) is 0 Å². The number of aryl methyl sites for hydroxylation is 1. The van der Waals surface area contributed by atoms with E-state index in [-0.39, 0.29) is 5.41 Å². The Morgan fingerprint density at radius 3 is 2.68 bits per heavy atom. The van der Waals surface area contributed by atoms with Crippen LogP contribution in [0.25, 0.3) is 0 Å². The van der Waals surface area contributed by atoms with Gasteiger partial charge in [-0.25, -0.2) is 0 Å². The van der Waals surface area contributed by atoms with E-state index >= 15 is 0 Å². The first kappa shape index (κ1) is 14.1. The van der Waals surface area contributed by atoms with Crippen LogP contribution < -0.4 is 4.74 Å². The number of hydrogen-bond acceptors (Lipinski definition) is 3. The first-order valence-corrected chi connectivity index (χ1v) is 6.83. The molecule has 2 rings (SSSR count). The number of rotatable bonds is 4. The van der Waals surface area contributed by atoms with Crippen molar-refractivity contribution in [1.82, 2.24) is 4.90 Å². The normalized spacial score (nSPS) is 22.5. The predicted octanol–water partition coefficient (Wildman–Crippen LogP) is 2.42. The number of fused-ring (bicyclic) bond motifs is 1. The lowest BCUT2D eigenvalue weighted by molar-refractivity contribution is -0.125. The molecule has 3 nitrogen and oxygen atoms in total. The molecule has 0 heterocycles. The van der Waals surface area contributed by atoms with Crippen LogP contribution in [0.15, 0.2) is 18.2 Å². The summed E-state index contributed by atoms with van der Waals surface area (Å²) in [5, 5.41) is 0. The van der Waals surface area contributed by atoms with Crippen molar-refractivity contribution in [3.05, 3.63) is 29.3 Å². The van der Waals surface area contributed by atoms with E-state index < -0.39 is 0 Å². The van der Waals surface area contributed by atoms with Gasteiger partial charge in [0, 0.05) is 6.42 Å². The molecule has 0 aromatic heterocycles. The van der Waals surface area contributed by atoms with Gasteiger partial charge >= 0.3 is 0 Å². The summed E-state index contributed by atoms with van der Waals surface area (Å²) in [5.74, 6) is 1.19. The van der Waals surface area contributed by atoms with Gasteiger partial charge in [0.05, 0.1) is 12.5 Å². The highest BCUT2D eigenvalue weighted by Gasteiger charge is 2.39. The topological polar surface area (TPSA) is 29.5 Å². The Hall–Kier alpha value is -1.35. The third-order valence-electron chi connectivity index (χ3n) is 4.21. The quantitative estimate of drug-likeness (QED) is 0.833. The van der Waals surface area contributed by atoms with Crippen LogP contribution in [0.3, 0.4) is 0 Å². The number of hydrogen-bond donors (Lipinski definition) is 0. The zero-order valence-corrected chi connectivity index (χ0v) is 12.3. The van der Waals surface area contributed by atoms with Gasteiger partial charge < -0.3 is 9.64 Å². The molecule has 0 spiro atoms. The number of benzene rings is 1. The molecular formula is C16H23NO2. The van der Waals surface area contributed by atoms with Crippen LogP contribution in [-0.2, 0) is 16.6 Å². The minimum absolute atomic E-state index is 0.357. The first-order chi connectivity index (χ1) is 8.97. The number of ketones is 1. The molecule has 0 saturated carbocycles. The Labute approximate surface area is 115 Å². The summed E-state index contributed by atoms with van der Waals surface area (Å²) in [4.78, 5) is 14.6. The van der Waals surface area contributed by atoms with Crippen molar-refractivity contribution >= 4 is 5.78 Å². The lowest BCUT2D eigenvalue weighted by atomic mass is 9.68. The Morgan fingerprint density at radius 1 is 1.32 bits per heavy atom. The van der Waals surface area contributed by atoms with Crippen molar-refractivity contribution in [3.8, 4) is 5.75 Å². The highest BCUT2D eigenvalue weighted by Crippen LogP contribution is 2.39. The number of Topliss-reactive ketones (excluding diaryl/α,β-unsaturated/α-hetero) is 1. The maximum Gasteiger partial charge on any atom is 0.143 e. The number of nitrogens with zero attached hydrogens (tertiary/aromatic N) is 1. The molecular weight excluding hydrogens is 238 g/mol. The Morgan fingerprint density at radius 2 is 2.05 bits per heavy atom. The van der Waals surface area contributed by atoms with E-state index in [4.69, 9.17) is 4.74 Å². The number of carbonyl (C=O) groups is 1. The molecule has 1 aromatic carbocycles. The summed E-state index contributed by atoms with van der Waals surface area (Å²) in [6.07, 6.45) is 2.37. The highest BCUT2D eigenvalue weighted by atomic mass is 16.5. The predicted molar refractivity (Wildman–Crippen MR) is 76.8 cm³/mol. The smallest absolute Gasteiger partial charge is 0.143 e. The standard InChI is InChI=1S/C16H23NO2/c1-16(9-10-17(2)3)14-11-13(19-4)7-5-12(14)6-8-15(16)18/h5,7,11H,6,8-10H2,1-4H3/t16-/m0/s1. The fourth-order valence-electron chi connectivity index (χ4n) is 2.81. The molecule has 1 aliphatic rings. The van der Waals surface area contributed by atoms with Crippen molar-refractivity contribution in [2.75, 3.05) is 27.7 Å². The highest BCUT2D eigenvalue weighted by molar-refractivity contribution is 5.92. The molecule has 0 saturated heterocycles. The van der Waals surface area contributed by atoms with E-state index in [1.54, 1.807) is 7.11 Å². The average Bonchev–Trinajstić information content (AvgIpc) is 2.41. The number of ether oxygens (including phenoxy) is 1. The van der Waals surface area contributed by atoms with E-state index in [0.717, 1.165) is 30.7 Å². The molecule has 0 N–H and O–H groups in total. The monoisotopic (exact) mass is 261 g/mol. The van der Waals surface area contributed by atoms with E-state index in [2.05, 4.69) is 17.9 Å². The van der Waals surface area contributed by atoms with Gasteiger partial charge in [-0.15, -0.1) is 0 Å². The second-order valence-electron chi connectivity index (χ2n) is 5.83. The Bertz CT molecular complexity index is 482. The van der Waals surface area contributed by atoms with Crippen LogP contribution >= 0.6 is 0 Å². The van der Waals surface area contributed by atoms with Crippen molar-refractivity contribution in [2.45, 2.75) is 31.6 Å². The molecule has 0 amide bonds. The molecule has 1 atom stereocenters. The van der Waals surface area contributed by atoms with Gasteiger partial charge in [-0.2, -0.15) is 0 Å². The lowest BCUT2D eigenvalue weighted by Crippen LogP contribution is -2.39. The molecule has 0 fully saturated rings. The summed E-state index contributed by atoms with van der Waals surface area (Å²) in [5.41, 5.74) is 2.08.